The first-order valence-electron chi connectivity index (χ1n) is 3.83. The maximum Gasteiger partial charge on any atom is 0.127 e. The number of aliphatic hydroxyl groups is 2. The van der Waals surface area contributed by atoms with Gasteiger partial charge in [0.1, 0.15) is 11.9 Å². The van der Waals surface area contributed by atoms with Gasteiger partial charge in [-0.1, -0.05) is 24.3 Å². The Morgan fingerprint density at radius 3 is 2.33 bits per heavy atom. The van der Waals surface area contributed by atoms with Crippen molar-refractivity contribution in [2.45, 2.75) is 6.42 Å². The summed E-state index contributed by atoms with van der Waals surface area (Å²) in [6.45, 7) is 0. The van der Waals surface area contributed by atoms with Crippen molar-refractivity contribution in [2.24, 2.45) is 0 Å². The lowest BCUT2D eigenvalue weighted by Crippen LogP contribution is -2.06. The summed E-state index contributed by atoms with van der Waals surface area (Å²) in [4.78, 5) is 0. The molecule has 0 saturated carbocycles. The van der Waals surface area contributed by atoms with E-state index >= 15 is 0 Å². The van der Waals surface area contributed by atoms with Crippen LogP contribution in [0.5, 0.6) is 0 Å². The van der Waals surface area contributed by atoms with Gasteiger partial charge in [-0.3, -0.25) is 0 Å². The molecule has 0 aliphatic heterocycles. The minimum atomic E-state index is 0.253. The first-order valence-corrected chi connectivity index (χ1v) is 3.83. The van der Waals surface area contributed by atoms with Crippen molar-refractivity contribution in [3.05, 3.63) is 47.6 Å². The normalized spacial score (nSPS) is 16.9. The molecular weight excluding hydrogens is 152 g/mol. The molecule has 1 aromatic rings. The summed E-state index contributed by atoms with van der Waals surface area (Å²) in [6.07, 6.45) is 2.35. The lowest BCUT2D eigenvalue weighted by Gasteiger charge is -2.17. The van der Waals surface area contributed by atoms with Gasteiger partial charge in [-0.25, -0.2) is 0 Å². The minimum absolute atomic E-state index is 0.253. The van der Waals surface area contributed by atoms with Crippen LogP contribution < -0.4 is 0 Å². The first-order chi connectivity index (χ1) is 5.79. The van der Waals surface area contributed by atoms with Crippen LogP contribution in [0.1, 0.15) is 17.5 Å². The molecule has 0 amide bonds. The van der Waals surface area contributed by atoms with E-state index in [9.17, 15) is 10.2 Å². The van der Waals surface area contributed by atoms with E-state index in [2.05, 4.69) is 0 Å². The van der Waals surface area contributed by atoms with Crippen LogP contribution in [-0.2, 0) is 0 Å². The van der Waals surface area contributed by atoms with Crippen LogP contribution in [0.3, 0.4) is 0 Å². The number of rotatable bonds is 0. The molecule has 0 bridgehead atoms. The number of benzene rings is 1. The number of hydrogen-bond acceptors (Lipinski definition) is 2. The molecule has 0 spiro atoms. The Morgan fingerprint density at radius 2 is 1.67 bits per heavy atom. The molecule has 2 heteroatoms. The van der Waals surface area contributed by atoms with Crippen molar-refractivity contribution in [1.29, 1.82) is 0 Å². The Bertz CT molecular complexity index is 328. The maximum atomic E-state index is 9.44. The Balaban J connectivity index is 2.58. The molecule has 0 aromatic heterocycles. The third-order valence-electron chi connectivity index (χ3n) is 2.00. The van der Waals surface area contributed by atoms with Crippen molar-refractivity contribution in [2.75, 3.05) is 0 Å². The fourth-order valence-electron chi connectivity index (χ4n) is 1.37. The second-order valence-corrected chi connectivity index (χ2v) is 2.79. The number of hydrogen-bond donors (Lipinski definition) is 2. The van der Waals surface area contributed by atoms with Crippen molar-refractivity contribution < 1.29 is 10.2 Å². The molecule has 61 valence electrons. The van der Waals surface area contributed by atoms with Crippen LogP contribution in [0.4, 0.5) is 0 Å². The van der Waals surface area contributed by atoms with Gasteiger partial charge >= 0.3 is 0 Å². The van der Waals surface area contributed by atoms with Gasteiger partial charge < -0.3 is 10.2 Å². The largest absolute Gasteiger partial charge is 0.508 e. The molecule has 1 aliphatic rings. The molecule has 0 heterocycles. The first kappa shape index (κ1) is 7.37. The Kier molecular flexibility index (Phi) is 1.62. The highest BCUT2D eigenvalue weighted by Crippen LogP contribution is 2.30. The average Bonchev–Trinajstić information content (AvgIpc) is 2.12. The summed E-state index contributed by atoms with van der Waals surface area (Å²) in [7, 11) is 0. The van der Waals surface area contributed by atoms with Crippen molar-refractivity contribution in [1.82, 2.24) is 0 Å². The van der Waals surface area contributed by atoms with Gasteiger partial charge in [0.15, 0.2) is 0 Å². The minimum Gasteiger partial charge on any atom is -0.508 e. The molecule has 2 nitrogen and oxygen atoms in total. The predicted octanol–water partition coefficient (Wildman–Crippen LogP) is 2.24. The third kappa shape index (κ3) is 1.01. The van der Waals surface area contributed by atoms with Crippen molar-refractivity contribution in [3.8, 4) is 0 Å². The summed E-state index contributed by atoms with van der Waals surface area (Å²) in [5, 5.41) is 18.9. The Hall–Kier alpha value is -1.28. The smallest absolute Gasteiger partial charge is 0.127 e. The van der Waals surface area contributed by atoms with Gasteiger partial charge in [0.2, 0.25) is 0 Å². The maximum absolute atomic E-state index is 9.44. The van der Waals surface area contributed by atoms with Gasteiger partial charge in [-0.15, -0.1) is 0 Å². The zero-order chi connectivity index (χ0) is 8.55. The molecule has 12 heavy (non-hydrogen) atoms. The highest BCUT2D eigenvalue weighted by atomic mass is 16.3. The summed E-state index contributed by atoms with van der Waals surface area (Å²) in [5.74, 6) is 0.253. The van der Waals surface area contributed by atoms with E-state index in [0.717, 1.165) is 5.56 Å². The summed E-state index contributed by atoms with van der Waals surface area (Å²) in [5.41, 5.74) is 1.44. The fourth-order valence-corrected chi connectivity index (χ4v) is 1.37. The van der Waals surface area contributed by atoms with Crippen molar-refractivity contribution >= 4 is 5.76 Å². The molecule has 0 atom stereocenters. The van der Waals surface area contributed by atoms with Crippen LogP contribution >= 0.6 is 0 Å². The zero-order valence-electron chi connectivity index (χ0n) is 6.49. The van der Waals surface area contributed by atoms with Crippen LogP contribution in [-0.4, -0.2) is 10.2 Å². The average molecular weight is 161 g/mol. The van der Waals surface area contributed by atoms with Crippen LogP contribution in [0.25, 0.3) is 5.76 Å². The zero-order valence-corrected chi connectivity index (χ0v) is 6.49. The SMILES string of the molecule is O[C]1CC=C(O)c2ccccc21. The topological polar surface area (TPSA) is 40.5 Å². The van der Waals surface area contributed by atoms with Crippen LogP contribution in [0, 0.1) is 6.10 Å². The summed E-state index contributed by atoms with van der Waals surface area (Å²) >= 11 is 0. The number of aliphatic hydroxyl groups excluding tert-OH is 2. The van der Waals surface area contributed by atoms with Gasteiger partial charge in [0, 0.05) is 12.0 Å². The van der Waals surface area contributed by atoms with E-state index in [-0.39, 0.29) is 5.76 Å². The van der Waals surface area contributed by atoms with Gasteiger partial charge in [-0.05, 0) is 11.6 Å². The molecule has 2 rings (SSSR count). The molecular formula is C10H9O2. The van der Waals surface area contributed by atoms with Gasteiger partial charge in [-0.2, -0.15) is 0 Å². The third-order valence-corrected chi connectivity index (χ3v) is 2.00. The molecule has 2 N–H and O–H groups in total. The number of fused-ring (bicyclic) bond motifs is 1. The van der Waals surface area contributed by atoms with E-state index in [1.54, 1.807) is 18.2 Å². The molecule has 0 saturated heterocycles. The monoisotopic (exact) mass is 161 g/mol. The second kappa shape index (κ2) is 2.64. The highest BCUT2D eigenvalue weighted by Gasteiger charge is 2.18. The highest BCUT2D eigenvalue weighted by molar-refractivity contribution is 5.67. The molecule has 1 aliphatic carbocycles. The van der Waals surface area contributed by atoms with Gasteiger partial charge in [0.05, 0.1) is 0 Å². The van der Waals surface area contributed by atoms with E-state index < -0.39 is 0 Å². The van der Waals surface area contributed by atoms with E-state index in [1.165, 1.54) is 0 Å². The van der Waals surface area contributed by atoms with Crippen LogP contribution in [0.2, 0.25) is 0 Å². The second-order valence-electron chi connectivity index (χ2n) is 2.79. The summed E-state index contributed by atoms with van der Waals surface area (Å²) in [6, 6.07) is 7.26. The van der Waals surface area contributed by atoms with E-state index in [4.69, 9.17) is 0 Å². The standard InChI is InChI=1S/C10H9O2/c11-9-5-6-10(12)8-4-2-1-3-7(8)9/h1-5,11-12H,6H2. The van der Waals surface area contributed by atoms with E-state index in [0.29, 0.717) is 18.1 Å². The lowest BCUT2D eigenvalue weighted by molar-refractivity contribution is 0.321. The molecule has 0 unspecified atom stereocenters. The molecule has 1 radical (unpaired) electrons. The van der Waals surface area contributed by atoms with Gasteiger partial charge in [0.25, 0.3) is 0 Å². The lowest BCUT2D eigenvalue weighted by atomic mass is 9.94. The van der Waals surface area contributed by atoms with Crippen LogP contribution in [0.15, 0.2) is 30.3 Å². The fraction of sp³-hybridized carbons (Fsp3) is 0.100. The van der Waals surface area contributed by atoms with Crippen molar-refractivity contribution in [3.63, 3.8) is 0 Å². The van der Waals surface area contributed by atoms with E-state index in [1.807, 2.05) is 12.1 Å². The Morgan fingerprint density at radius 1 is 1.00 bits per heavy atom. The predicted molar refractivity (Wildman–Crippen MR) is 45.9 cm³/mol. The Labute approximate surface area is 70.8 Å². The quantitative estimate of drug-likeness (QED) is 0.612. The summed E-state index contributed by atoms with van der Waals surface area (Å²) < 4.78 is 0. The molecule has 1 aromatic carbocycles. The molecule has 0 fully saturated rings.